The minimum absolute atomic E-state index is 0.00162. The quantitative estimate of drug-likeness (QED) is 0.0207. The molecule has 1 aliphatic rings. The van der Waals surface area contributed by atoms with Crippen LogP contribution in [-0.4, -0.2) is 97.5 Å². The Bertz CT molecular complexity index is 1340. The minimum atomic E-state index is -5.07. The van der Waals surface area contributed by atoms with E-state index in [2.05, 4.69) is 103 Å². The molecule has 0 saturated carbocycles. The number of hydrogen-bond donors (Lipinski definition) is 4. The summed E-state index contributed by atoms with van der Waals surface area (Å²) in [5.41, 5.74) is 0. The summed E-state index contributed by atoms with van der Waals surface area (Å²) in [5.74, 6) is -0.433. The first-order valence-corrected chi connectivity index (χ1v) is 22.7. The van der Waals surface area contributed by atoms with E-state index in [4.69, 9.17) is 23.5 Å². The molecule has 1 fully saturated rings. The number of rotatable bonds is 35. The number of carbonyl (C=O) groups excluding carboxylic acids is 1. The van der Waals surface area contributed by atoms with Crippen LogP contribution in [0.3, 0.4) is 0 Å². The van der Waals surface area contributed by atoms with Crippen LogP contribution in [0.2, 0.25) is 0 Å². The van der Waals surface area contributed by atoms with Gasteiger partial charge in [0.1, 0.15) is 30.5 Å². The van der Waals surface area contributed by atoms with Gasteiger partial charge in [-0.3, -0.25) is 9.35 Å². The van der Waals surface area contributed by atoms with Crippen molar-refractivity contribution in [3.05, 3.63) is 85.1 Å². The molecule has 0 radical (unpaired) electrons. The van der Waals surface area contributed by atoms with Crippen LogP contribution in [0, 0.1) is 0 Å². The average molecular weight is 839 g/mol. The number of aliphatic hydroxyl groups excluding tert-OH is 3. The van der Waals surface area contributed by atoms with Gasteiger partial charge in [0.25, 0.3) is 0 Å². The summed E-state index contributed by atoms with van der Waals surface area (Å²) in [7, 11) is -5.07. The van der Waals surface area contributed by atoms with Crippen LogP contribution in [0.15, 0.2) is 85.1 Å². The smallest absolute Gasteiger partial charge is 0.397 e. The highest BCUT2D eigenvalue weighted by Gasteiger charge is 2.48. The minimum Gasteiger partial charge on any atom is -0.457 e. The Balaban J connectivity index is 2.51. The standard InChI is InChI=1S/C45H74O12S/c1-3-5-7-9-11-13-15-17-19-21-23-25-27-29-31-33-35-53-37-39(38-54-45-43(49)44(57-58(50,51)52)42(48)40(36-46)56-45)55-41(47)34-32-30-28-26-24-22-20-18-16-14-12-10-8-6-4-2/h5-8,11-14,17-20,23,25,39-40,42-46,48-49H,3-4,9-10,15-16,21-22,24,26-38H2,1-2H3,(H,50,51,52)/b7-5-,8-6-,13-11-,14-12-,19-17-,20-18-,25-23-. The molecular weight excluding hydrogens is 765 g/mol. The molecule has 6 atom stereocenters. The number of carbonyl (C=O) groups is 1. The van der Waals surface area contributed by atoms with E-state index in [9.17, 15) is 28.5 Å². The average Bonchev–Trinajstić information content (AvgIpc) is 3.19. The van der Waals surface area contributed by atoms with Crippen molar-refractivity contribution in [1.29, 1.82) is 0 Å². The molecule has 1 saturated heterocycles. The highest BCUT2D eigenvalue weighted by Crippen LogP contribution is 2.26. The normalized spacial score (nSPS) is 21.4. The maximum Gasteiger partial charge on any atom is 0.397 e. The second-order valence-electron chi connectivity index (χ2n) is 14.2. The van der Waals surface area contributed by atoms with Gasteiger partial charge in [0.15, 0.2) is 6.29 Å². The molecule has 1 rings (SSSR count). The van der Waals surface area contributed by atoms with Crippen molar-refractivity contribution in [2.75, 3.05) is 26.4 Å². The zero-order valence-corrected chi connectivity index (χ0v) is 35.9. The van der Waals surface area contributed by atoms with Gasteiger partial charge in [0.2, 0.25) is 0 Å². The number of esters is 1. The summed E-state index contributed by atoms with van der Waals surface area (Å²) in [6.45, 7) is 3.63. The molecule has 58 heavy (non-hydrogen) atoms. The van der Waals surface area contributed by atoms with Crippen LogP contribution >= 0.6 is 0 Å². The molecule has 4 N–H and O–H groups in total. The van der Waals surface area contributed by atoms with Gasteiger partial charge in [0.05, 0.1) is 19.8 Å². The Morgan fingerprint density at radius 2 is 1.14 bits per heavy atom. The number of hydrogen-bond acceptors (Lipinski definition) is 11. The van der Waals surface area contributed by atoms with Crippen LogP contribution < -0.4 is 0 Å². The third-order valence-corrected chi connectivity index (χ3v) is 9.48. The van der Waals surface area contributed by atoms with Gasteiger partial charge in [-0.25, -0.2) is 4.18 Å². The molecule has 0 aliphatic carbocycles. The first-order chi connectivity index (χ1) is 28.1. The van der Waals surface area contributed by atoms with Gasteiger partial charge in [-0.2, -0.15) is 8.42 Å². The molecule has 13 heteroatoms. The van der Waals surface area contributed by atoms with Gasteiger partial charge in [-0.05, 0) is 83.5 Å². The molecule has 1 aliphatic heterocycles. The van der Waals surface area contributed by atoms with E-state index in [1.54, 1.807) is 0 Å². The fourth-order valence-electron chi connectivity index (χ4n) is 5.85. The Morgan fingerprint density at radius 3 is 1.66 bits per heavy atom. The Kier molecular flexibility index (Phi) is 33.2. The lowest BCUT2D eigenvalue weighted by Crippen LogP contribution is -2.60. The predicted octanol–water partition coefficient (Wildman–Crippen LogP) is 8.51. The summed E-state index contributed by atoms with van der Waals surface area (Å²) < 4.78 is 58.9. The largest absolute Gasteiger partial charge is 0.457 e. The predicted molar refractivity (Wildman–Crippen MR) is 229 cm³/mol. The maximum atomic E-state index is 12.8. The van der Waals surface area contributed by atoms with Crippen LogP contribution in [0.5, 0.6) is 0 Å². The van der Waals surface area contributed by atoms with Crippen molar-refractivity contribution in [1.82, 2.24) is 0 Å². The van der Waals surface area contributed by atoms with Gasteiger partial charge < -0.3 is 34.3 Å². The summed E-state index contributed by atoms with van der Waals surface area (Å²) in [6.07, 6.45) is 37.6. The first kappa shape index (κ1) is 53.3. The number of aliphatic hydroxyl groups is 3. The second kappa shape index (κ2) is 36.2. The first-order valence-electron chi connectivity index (χ1n) is 21.3. The van der Waals surface area contributed by atoms with Crippen LogP contribution in [0.1, 0.15) is 129 Å². The van der Waals surface area contributed by atoms with E-state index in [-0.39, 0.29) is 19.6 Å². The third kappa shape index (κ3) is 29.5. The molecule has 1 heterocycles. The molecule has 0 aromatic heterocycles. The van der Waals surface area contributed by atoms with Crippen molar-refractivity contribution >= 4 is 16.4 Å². The van der Waals surface area contributed by atoms with E-state index in [1.807, 2.05) is 0 Å². The van der Waals surface area contributed by atoms with E-state index < -0.39 is 59.8 Å². The van der Waals surface area contributed by atoms with E-state index in [0.717, 1.165) is 103 Å². The number of allylic oxidation sites excluding steroid dienone is 14. The van der Waals surface area contributed by atoms with Gasteiger partial charge in [-0.15, -0.1) is 0 Å². The van der Waals surface area contributed by atoms with Crippen molar-refractivity contribution in [2.24, 2.45) is 0 Å². The second-order valence-corrected chi connectivity index (χ2v) is 15.2. The molecule has 332 valence electrons. The van der Waals surface area contributed by atoms with Crippen molar-refractivity contribution in [3.8, 4) is 0 Å². The molecule has 0 aromatic carbocycles. The highest BCUT2D eigenvalue weighted by molar-refractivity contribution is 7.80. The fraction of sp³-hybridized carbons (Fsp3) is 0.667. The molecule has 0 amide bonds. The Morgan fingerprint density at radius 1 is 0.655 bits per heavy atom. The third-order valence-electron chi connectivity index (χ3n) is 9.01. The molecule has 6 unspecified atom stereocenters. The monoisotopic (exact) mass is 838 g/mol. The summed E-state index contributed by atoms with van der Waals surface area (Å²) in [5, 5.41) is 30.6. The summed E-state index contributed by atoms with van der Waals surface area (Å²) in [4.78, 5) is 12.8. The zero-order chi connectivity index (χ0) is 42.5. The van der Waals surface area contributed by atoms with Gasteiger partial charge >= 0.3 is 16.4 Å². The van der Waals surface area contributed by atoms with E-state index >= 15 is 0 Å². The van der Waals surface area contributed by atoms with Crippen LogP contribution in [0.4, 0.5) is 0 Å². The number of unbranched alkanes of at least 4 members (excludes halogenated alkanes) is 8. The van der Waals surface area contributed by atoms with Crippen molar-refractivity contribution in [3.63, 3.8) is 0 Å². The topological polar surface area (TPSA) is 178 Å². The SMILES string of the molecule is CC/C=C\C/C=C\C/C=C\C/C=C\CCCCCOCC(COC1OC(CO)C(O)C(OS(=O)(=O)O)C1O)OC(=O)CCCCCCC/C=C\C/C=C\C/C=C\CC. The van der Waals surface area contributed by atoms with Crippen molar-refractivity contribution < 1.29 is 56.2 Å². The van der Waals surface area contributed by atoms with Gasteiger partial charge in [0, 0.05) is 13.0 Å². The zero-order valence-electron chi connectivity index (χ0n) is 35.1. The Hall–Kier alpha value is -2.72. The maximum absolute atomic E-state index is 12.8. The van der Waals surface area contributed by atoms with Crippen LogP contribution in [0.25, 0.3) is 0 Å². The fourth-order valence-corrected chi connectivity index (χ4v) is 6.36. The van der Waals surface area contributed by atoms with Crippen molar-refractivity contribution in [2.45, 2.75) is 166 Å². The van der Waals surface area contributed by atoms with Gasteiger partial charge in [-0.1, -0.05) is 125 Å². The lowest BCUT2D eigenvalue weighted by Gasteiger charge is -2.41. The van der Waals surface area contributed by atoms with E-state index in [0.29, 0.717) is 13.0 Å². The molecule has 0 bridgehead atoms. The molecular formula is C45H74O12S. The lowest BCUT2D eigenvalue weighted by molar-refractivity contribution is -0.301. The number of ether oxygens (including phenoxy) is 4. The summed E-state index contributed by atoms with van der Waals surface area (Å²) >= 11 is 0. The summed E-state index contributed by atoms with van der Waals surface area (Å²) in [6, 6.07) is 0. The molecule has 0 spiro atoms. The molecule has 12 nitrogen and oxygen atoms in total. The Labute approximate surface area is 349 Å². The van der Waals surface area contributed by atoms with Crippen LogP contribution in [-0.2, 0) is 38.3 Å². The lowest BCUT2D eigenvalue weighted by atomic mass is 9.99. The van der Waals surface area contributed by atoms with E-state index in [1.165, 1.54) is 0 Å². The molecule has 0 aromatic rings. The highest BCUT2D eigenvalue weighted by atomic mass is 32.3.